The number of sulfonamides is 1. The number of ketones is 1. The number of rotatable bonds is 7. The second-order valence-corrected chi connectivity index (χ2v) is 12.1. The monoisotopic (exact) mass is 481 g/mol. The smallest absolute Gasteiger partial charge is 0.243 e. The summed E-state index contributed by atoms with van der Waals surface area (Å²) in [5.41, 5.74) is 1.05. The van der Waals surface area contributed by atoms with Gasteiger partial charge in [0.2, 0.25) is 10.0 Å². The van der Waals surface area contributed by atoms with Gasteiger partial charge in [-0.1, -0.05) is 32.5 Å². The molecule has 0 N–H and O–H groups in total. The Hall–Kier alpha value is -1.46. The molecular weight excluding hydrogens is 450 g/mol. The lowest BCUT2D eigenvalue weighted by atomic mass is 9.92. The van der Waals surface area contributed by atoms with E-state index in [0.717, 1.165) is 25.0 Å². The molecular formula is C22H31N3O5S2. The number of nitrogens with zero attached hydrogens (tertiary/aromatic N) is 3. The summed E-state index contributed by atoms with van der Waals surface area (Å²) < 4.78 is 40.8. The number of Topliss-reactive ketones (excluding diaryl/α,β-unsaturated/α-hetero) is 1. The molecule has 2 aliphatic rings. The highest BCUT2D eigenvalue weighted by Crippen LogP contribution is 2.30. The lowest BCUT2D eigenvalue weighted by Crippen LogP contribution is -2.40. The summed E-state index contributed by atoms with van der Waals surface area (Å²) in [6.07, 6.45) is 2.11. The molecule has 176 valence electrons. The molecule has 0 saturated carbocycles. The van der Waals surface area contributed by atoms with Gasteiger partial charge in [-0.25, -0.2) is 13.4 Å². The zero-order valence-corrected chi connectivity index (χ0v) is 20.5. The fraction of sp³-hybridized carbons (Fsp3) is 0.636. The number of morpholine rings is 1. The molecule has 8 nitrogen and oxygen atoms in total. The van der Waals surface area contributed by atoms with Crippen molar-refractivity contribution in [3.8, 4) is 0 Å². The predicted octanol–water partition coefficient (Wildman–Crippen LogP) is 2.94. The van der Waals surface area contributed by atoms with Crippen LogP contribution in [0.1, 0.15) is 33.6 Å². The first kappa shape index (κ1) is 23.7. The summed E-state index contributed by atoms with van der Waals surface area (Å²) in [5, 5.41) is 0.717. The van der Waals surface area contributed by atoms with Crippen LogP contribution in [-0.2, 0) is 30.8 Å². The molecule has 0 bridgehead atoms. The maximum Gasteiger partial charge on any atom is 0.243 e. The largest absolute Gasteiger partial charge is 0.379 e. The minimum Gasteiger partial charge on any atom is -0.379 e. The van der Waals surface area contributed by atoms with Crippen molar-refractivity contribution in [3.63, 3.8) is 0 Å². The number of benzene rings is 1. The summed E-state index contributed by atoms with van der Waals surface area (Å²) >= 11 is 1.40. The van der Waals surface area contributed by atoms with Crippen LogP contribution in [0.2, 0.25) is 0 Å². The first-order valence-corrected chi connectivity index (χ1v) is 13.4. The highest BCUT2D eigenvalue weighted by molar-refractivity contribution is 7.99. The van der Waals surface area contributed by atoms with Crippen LogP contribution in [0.15, 0.2) is 28.3 Å². The van der Waals surface area contributed by atoms with Crippen LogP contribution in [0.5, 0.6) is 0 Å². The van der Waals surface area contributed by atoms with Crippen molar-refractivity contribution in [1.29, 1.82) is 0 Å². The fourth-order valence-corrected chi connectivity index (χ4v) is 6.42. The van der Waals surface area contributed by atoms with Crippen LogP contribution >= 0.6 is 11.8 Å². The second-order valence-electron chi connectivity index (χ2n) is 9.27. The zero-order chi connectivity index (χ0) is 22.9. The van der Waals surface area contributed by atoms with E-state index in [1.165, 1.54) is 16.1 Å². The first-order chi connectivity index (χ1) is 15.2. The maximum absolute atomic E-state index is 13.1. The highest BCUT2D eigenvalue weighted by atomic mass is 32.2. The maximum atomic E-state index is 13.1. The molecule has 0 unspecified atom stereocenters. The van der Waals surface area contributed by atoms with Gasteiger partial charge in [-0.2, -0.15) is 4.31 Å². The van der Waals surface area contributed by atoms with E-state index in [1.807, 2.05) is 26.8 Å². The van der Waals surface area contributed by atoms with E-state index in [0.29, 0.717) is 49.3 Å². The van der Waals surface area contributed by atoms with E-state index < -0.39 is 15.4 Å². The van der Waals surface area contributed by atoms with Crippen molar-refractivity contribution < 1.29 is 22.7 Å². The third kappa shape index (κ3) is 5.04. The van der Waals surface area contributed by atoms with Gasteiger partial charge in [-0.3, -0.25) is 4.79 Å². The van der Waals surface area contributed by atoms with Gasteiger partial charge in [-0.15, -0.1) is 0 Å². The zero-order valence-electron chi connectivity index (χ0n) is 18.9. The third-order valence-corrected chi connectivity index (χ3v) is 8.74. The average Bonchev–Trinajstić information content (AvgIpc) is 3.40. The molecule has 0 aliphatic carbocycles. The Balaban J connectivity index is 1.66. The number of hydrogen-bond donors (Lipinski definition) is 0. The number of ether oxygens (including phenoxy) is 2. The molecule has 3 heterocycles. The summed E-state index contributed by atoms with van der Waals surface area (Å²) in [5.74, 6) is 0.464. The Morgan fingerprint density at radius 2 is 1.97 bits per heavy atom. The van der Waals surface area contributed by atoms with Crippen LogP contribution in [0.3, 0.4) is 0 Å². The van der Waals surface area contributed by atoms with E-state index in [4.69, 9.17) is 14.5 Å². The van der Waals surface area contributed by atoms with Gasteiger partial charge in [0.05, 0.1) is 47.5 Å². The summed E-state index contributed by atoms with van der Waals surface area (Å²) in [6, 6.07) is 5.11. The molecule has 10 heteroatoms. The third-order valence-electron chi connectivity index (χ3n) is 5.87. The standard InChI is InChI=1S/C22H31N3O5S2/c1-22(2,3)20(26)15-31-21-23-18-13-17(32(27,28)24-8-11-29-12-9-24)6-7-19(18)25(21)14-16-5-4-10-30-16/h6-7,13,16H,4-5,8-12,14-15H2,1-3H3/t16-/m1/s1. The summed E-state index contributed by atoms with van der Waals surface area (Å²) in [6.45, 7) is 8.63. The molecule has 1 aromatic heterocycles. The van der Waals surface area contributed by atoms with Crippen LogP contribution in [0, 0.1) is 5.41 Å². The molecule has 2 aliphatic heterocycles. The van der Waals surface area contributed by atoms with Gasteiger partial charge < -0.3 is 14.0 Å². The van der Waals surface area contributed by atoms with E-state index >= 15 is 0 Å². The van der Waals surface area contributed by atoms with E-state index in [2.05, 4.69) is 4.57 Å². The number of hydrogen-bond acceptors (Lipinski definition) is 7. The fourth-order valence-electron chi connectivity index (χ4n) is 3.81. The van der Waals surface area contributed by atoms with E-state index in [1.54, 1.807) is 12.1 Å². The molecule has 4 rings (SSSR count). The molecule has 1 aromatic carbocycles. The quantitative estimate of drug-likeness (QED) is 0.562. The van der Waals surface area contributed by atoms with Gasteiger partial charge in [0.1, 0.15) is 5.78 Å². The van der Waals surface area contributed by atoms with Crippen molar-refractivity contribution in [3.05, 3.63) is 18.2 Å². The average molecular weight is 482 g/mol. The second kappa shape index (κ2) is 9.42. The number of aromatic nitrogens is 2. The number of fused-ring (bicyclic) bond motifs is 1. The van der Waals surface area contributed by atoms with Gasteiger partial charge in [0.25, 0.3) is 0 Å². The minimum absolute atomic E-state index is 0.0989. The first-order valence-electron chi connectivity index (χ1n) is 11.0. The SMILES string of the molecule is CC(C)(C)C(=O)CSc1nc2cc(S(=O)(=O)N3CCOCC3)ccc2n1C[C@H]1CCCO1. The van der Waals surface area contributed by atoms with Gasteiger partial charge >= 0.3 is 0 Å². The van der Waals surface area contributed by atoms with Crippen LogP contribution in [0.4, 0.5) is 0 Å². The normalized spacial score (nSPS) is 20.8. The topological polar surface area (TPSA) is 90.7 Å². The molecule has 0 amide bonds. The van der Waals surface area contributed by atoms with Crippen molar-refractivity contribution in [2.75, 3.05) is 38.7 Å². The van der Waals surface area contributed by atoms with Crippen molar-refractivity contribution in [2.45, 2.75) is 56.3 Å². The summed E-state index contributed by atoms with van der Waals surface area (Å²) in [4.78, 5) is 17.5. The molecule has 2 saturated heterocycles. The number of carbonyl (C=O) groups excluding carboxylic acids is 1. The number of carbonyl (C=O) groups is 1. The van der Waals surface area contributed by atoms with Crippen molar-refractivity contribution >= 4 is 38.6 Å². The number of imidazole rings is 1. The van der Waals surface area contributed by atoms with Crippen LogP contribution in [-0.4, -0.2) is 72.8 Å². The van der Waals surface area contributed by atoms with E-state index in [-0.39, 0.29) is 16.8 Å². The molecule has 0 spiro atoms. The van der Waals surface area contributed by atoms with Crippen molar-refractivity contribution in [2.24, 2.45) is 5.41 Å². The Labute approximate surface area is 193 Å². The summed E-state index contributed by atoms with van der Waals surface area (Å²) in [7, 11) is -3.61. The molecule has 2 fully saturated rings. The molecule has 2 aromatic rings. The van der Waals surface area contributed by atoms with E-state index in [9.17, 15) is 13.2 Å². The van der Waals surface area contributed by atoms with Crippen LogP contribution in [0.25, 0.3) is 11.0 Å². The minimum atomic E-state index is -3.61. The molecule has 0 radical (unpaired) electrons. The van der Waals surface area contributed by atoms with Crippen LogP contribution < -0.4 is 0 Å². The Bertz CT molecular complexity index is 1080. The Kier molecular flexibility index (Phi) is 6.97. The Morgan fingerprint density at radius 1 is 1.22 bits per heavy atom. The lowest BCUT2D eigenvalue weighted by molar-refractivity contribution is -0.123. The highest BCUT2D eigenvalue weighted by Gasteiger charge is 2.28. The molecule has 32 heavy (non-hydrogen) atoms. The number of thioether (sulfide) groups is 1. The van der Waals surface area contributed by atoms with Gasteiger partial charge in [0, 0.05) is 25.1 Å². The van der Waals surface area contributed by atoms with Gasteiger partial charge in [-0.05, 0) is 31.0 Å². The Morgan fingerprint density at radius 3 is 2.62 bits per heavy atom. The van der Waals surface area contributed by atoms with Crippen molar-refractivity contribution in [1.82, 2.24) is 13.9 Å². The van der Waals surface area contributed by atoms with Gasteiger partial charge in [0.15, 0.2) is 5.16 Å². The predicted molar refractivity (Wildman–Crippen MR) is 123 cm³/mol. The lowest BCUT2D eigenvalue weighted by Gasteiger charge is -2.26. The molecule has 1 atom stereocenters.